The van der Waals surface area contributed by atoms with E-state index in [0.29, 0.717) is 0 Å². The fourth-order valence-corrected chi connectivity index (χ4v) is 14.0. The van der Waals surface area contributed by atoms with Crippen LogP contribution in [0.4, 0.5) is 17.1 Å². The molecule has 6 heterocycles. The predicted octanol–water partition coefficient (Wildman–Crippen LogP) is 20.1. The van der Waals surface area contributed by atoms with Crippen LogP contribution in [0.3, 0.4) is 0 Å². The molecule has 1 aliphatic heterocycles. The van der Waals surface area contributed by atoms with Crippen molar-refractivity contribution in [2.75, 3.05) is 4.90 Å². The van der Waals surface area contributed by atoms with Crippen LogP contribution in [-0.2, 0) is 0 Å². The highest BCUT2D eigenvalue weighted by Crippen LogP contribution is 2.55. The number of fused-ring (bicyclic) bond motifs is 10. The first-order valence-electron chi connectivity index (χ1n) is 27.8. The van der Waals surface area contributed by atoms with E-state index in [1.807, 2.05) is 24.0 Å². The van der Waals surface area contributed by atoms with E-state index in [2.05, 4.69) is 302 Å². The lowest BCUT2D eigenvalue weighted by Crippen LogP contribution is -2.15. The second-order valence-corrected chi connectivity index (χ2v) is 22.3. The highest BCUT2D eigenvalue weighted by molar-refractivity contribution is 7.99. The third-order valence-corrected chi connectivity index (χ3v) is 17.7. The maximum atomic E-state index is 5.04. The number of benzene rings is 11. The minimum absolute atomic E-state index is 0.927. The van der Waals surface area contributed by atoms with Gasteiger partial charge in [-0.25, -0.2) is 4.98 Å². The van der Waals surface area contributed by atoms with E-state index in [1.54, 1.807) is 0 Å². The van der Waals surface area contributed by atoms with E-state index >= 15 is 0 Å². The Morgan fingerprint density at radius 1 is 0.293 bits per heavy atom. The van der Waals surface area contributed by atoms with Gasteiger partial charge < -0.3 is 18.6 Å². The van der Waals surface area contributed by atoms with E-state index in [-0.39, 0.29) is 0 Å². The van der Waals surface area contributed by atoms with E-state index < -0.39 is 0 Å². The van der Waals surface area contributed by atoms with E-state index in [1.165, 1.54) is 48.0 Å². The summed E-state index contributed by atoms with van der Waals surface area (Å²) < 4.78 is 9.63. The molecule has 7 heteroatoms. The standard InChI is InChI=1S/C75H48N6S/c1-6-22-49(23-7-1)52-40-55(79-65-35-17-16-32-57(65)60-43-61-63(50-24-8-2-9-25-50)47-77(68(61)45-70(60)79)53-28-12-4-13-29-53)42-56(41-52)80-66-36-18-19-38-72(66)82-73-44-62-64(51-26-10-3-11-27-51)48-78(69(62)46-71(73)80)67-37-20-33-58-59-34-21-39-76-75(59)81(74(58)67)54-30-14-5-15-31-54/h1-48H. The summed E-state index contributed by atoms with van der Waals surface area (Å²) in [7, 11) is 0. The van der Waals surface area contributed by atoms with Crippen molar-refractivity contribution in [3.63, 3.8) is 0 Å². The summed E-state index contributed by atoms with van der Waals surface area (Å²) in [6.45, 7) is 0. The van der Waals surface area contributed by atoms with Gasteiger partial charge in [-0.3, -0.25) is 4.57 Å². The lowest BCUT2D eigenvalue weighted by atomic mass is 10.0. The van der Waals surface area contributed by atoms with Gasteiger partial charge in [-0.2, -0.15) is 0 Å². The molecule has 17 rings (SSSR count). The Morgan fingerprint density at radius 3 is 1.63 bits per heavy atom. The minimum atomic E-state index is 0.927. The molecule has 6 nitrogen and oxygen atoms in total. The number of rotatable bonds is 8. The molecule has 0 amide bonds. The van der Waals surface area contributed by atoms with Crippen LogP contribution in [0.1, 0.15) is 0 Å². The molecule has 0 fully saturated rings. The quantitative estimate of drug-likeness (QED) is 0.152. The van der Waals surface area contributed by atoms with Crippen molar-refractivity contribution in [2.45, 2.75) is 9.79 Å². The maximum Gasteiger partial charge on any atom is 0.145 e. The first-order chi connectivity index (χ1) is 40.7. The van der Waals surface area contributed by atoms with Gasteiger partial charge in [0.2, 0.25) is 0 Å². The van der Waals surface area contributed by atoms with Crippen LogP contribution in [0.2, 0.25) is 0 Å². The average Bonchev–Trinajstić information content (AvgIpc) is 4.46. The van der Waals surface area contributed by atoms with Gasteiger partial charge in [0, 0.05) is 94.6 Å². The van der Waals surface area contributed by atoms with Crippen LogP contribution >= 0.6 is 11.8 Å². The second-order valence-electron chi connectivity index (χ2n) is 21.2. The summed E-state index contributed by atoms with van der Waals surface area (Å²) >= 11 is 1.85. The molecule has 16 aromatic rings. The van der Waals surface area contributed by atoms with Crippen LogP contribution in [0, 0.1) is 0 Å². The van der Waals surface area contributed by atoms with Crippen molar-refractivity contribution >= 4 is 94.4 Å². The molecular formula is C75H48N6S. The first-order valence-corrected chi connectivity index (χ1v) is 28.7. The summed E-state index contributed by atoms with van der Waals surface area (Å²) in [4.78, 5) is 9.93. The molecule has 0 aliphatic carbocycles. The summed E-state index contributed by atoms with van der Waals surface area (Å²) in [6.07, 6.45) is 6.57. The van der Waals surface area contributed by atoms with Crippen molar-refractivity contribution in [1.29, 1.82) is 0 Å². The molecule has 0 saturated carbocycles. The zero-order valence-corrected chi connectivity index (χ0v) is 45.1. The fourth-order valence-electron chi connectivity index (χ4n) is 13.0. The van der Waals surface area contributed by atoms with Crippen molar-refractivity contribution in [2.24, 2.45) is 0 Å². The zero-order chi connectivity index (χ0) is 53.8. The Morgan fingerprint density at radius 2 is 0.878 bits per heavy atom. The molecule has 82 heavy (non-hydrogen) atoms. The molecule has 384 valence electrons. The Kier molecular flexibility index (Phi) is 10.4. The molecule has 0 saturated heterocycles. The van der Waals surface area contributed by atoms with Gasteiger partial charge in [0.25, 0.3) is 0 Å². The van der Waals surface area contributed by atoms with E-state index in [4.69, 9.17) is 4.98 Å². The van der Waals surface area contributed by atoms with Gasteiger partial charge in [0.05, 0.1) is 44.6 Å². The largest absolute Gasteiger partial charge is 0.316 e. The number of anilines is 3. The lowest BCUT2D eigenvalue weighted by Gasteiger charge is -2.34. The number of aromatic nitrogens is 5. The molecule has 0 atom stereocenters. The van der Waals surface area contributed by atoms with Gasteiger partial charge in [-0.15, -0.1) is 0 Å². The van der Waals surface area contributed by atoms with E-state index in [0.717, 1.165) is 101 Å². The summed E-state index contributed by atoms with van der Waals surface area (Å²) in [5.74, 6) is 0. The van der Waals surface area contributed by atoms with Crippen LogP contribution in [0.25, 0.3) is 122 Å². The predicted molar refractivity (Wildman–Crippen MR) is 342 cm³/mol. The Bertz CT molecular complexity index is 5170. The summed E-state index contributed by atoms with van der Waals surface area (Å²) in [6, 6.07) is 99.6. The van der Waals surface area contributed by atoms with Crippen molar-refractivity contribution in [1.82, 2.24) is 23.3 Å². The number of hydrogen-bond acceptors (Lipinski definition) is 3. The van der Waals surface area contributed by atoms with Gasteiger partial charge >= 0.3 is 0 Å². The third-order valence-electron chi connectivity index (χ3n) is 16.6. The van der Waals surface area contributed by atoms with Crippen LogP contribution < -0.4 is 4.90 Å². The van der Waals surface area contributed by atoms with Crippen molar-refractivity contribution in [3.8, 4) is 56.1 Å². The van der Waals surface area contributed by atoms with Crippen molar-refractivity contribution < 1.29 is 0 Å². The number of para-hydroxylation sites is 5. The Labute approximate surface area is 477 Å². The molecule has 0 N–H and O–H groups in total. The molecule has 1 aliphatic rings. The molecule has 11 aromatic carbocycles. The Balaban J connectivity index is 0.939. The van der Waals surface area contributed by atoms with Crippen LogP contribution in [-0.4, -0.2) is 23.3 Å². The van der Waals surface area contributed by atoms with Gasteiger partial charge in [-0.1, -0.05) is 182 Å². The highest BCUT2D eigenvalue weighted by Gasteiger charge is 2.30. The molecule has 0 spiro atoms. The lowest BCUT2D eigenvalue weighted by molar-refractivity contribution is 1.08. The molecule has 0 bridgehead atoms. The first kappa shape index (κ1) is 46.3. The monoisotopic (exact) mass is 1060 g/mol. The molecule has 0 radical (unpaired) electrons. The minimum Gasteiger partial charge on any atom is -0.316 e. The molecule has 0 unspecified atom stereocenters. The normalized spacial score (nSPS) is 12.3. The maximum absolute atomic E-state index is 5.04. The SMILES string of the molecule is c1ccc(-c2cc(N3c4ccccc4Sc4cc5c(-c6ccccc6)cn(-c6cccc7c8cccnc8n(-c8ccccc8)c67)c5cc43)cc(-n3c4ccccc4c4cc5c(-c6ccccc6)cn(-c6ccccc6)c5cc43)c2)cc1. The van der Waals surface area contributed by atoms with E-state index in [9.17, 15) is 0 Å². The fraction of sp³-hybridized carbons (Fsp3) is 0. The molecule has 5 aromatic heterocycles. The summed E-state index contributed by atoms with van der Waals surface area (Å²) in [5.41, 5.74) is 21.2. The number of nitrogens with zero attached hydrogens (tertiary/aromatic N) is 6. The van der Waals surface area contributed by atoms with Crippen molar-refractivity contribution in [3.05, 3.63) is 292 Å². The molecular weight excluding hydrogens is 1020 g/mol. The zero-order valence-electron chi connectivity index (χ0n) is 44.3. The van der Waals surface area contributed by atoms with Crippen LogP contribution in [0.5, 0.6) is 0 Å². The second kappa shape index (κ2) is 18.5. The third kappa shape index (κ3) is 7.20. The van der Waals surface area contributed by atoms with Gasteiger partial charge in [0.1, 0.15) is 5.65 Å². The number of hydrogen-bond donors (Lipinski definition) is 0. The number of pyridine rings is 1. The van der Waals surface area contributed by atoms with Gasteiger partial charge in [-0.05, 0) is 125 Å². The van der Waals surface area contributed by atoms with Crippen LogP contribution in [0.15, 0.2) is 301 Å². The topological polar surface area (TPSA) is 35.9 Å². The Hall–Kier alpha value is -10.6. The van der Waals surface area contributed by atoms with Gasteiger partial charge in [0.15, 0.2) is 0 Å². The highest BCUT2D eigenvalue weighted by atomic mass is 32.2. The average molecular weight is 1070 g/mol. The smallest absolute Gasteiger partial charge is 0.145 e. The summed E-state index contributed by atoms with van der Waals surface area (Å²) in [5, 5.41) is 7.07.